The minimum absolute atomic E-state index is 0.0666. The maximum atomic E-state index is 13.3. The maximum absolute atomic E-state index is 13.3. The topological polar surface area (TPSA) is 85.4 Å². The summed E-state index contributed by atoms with van der Waals surface area (Å²) in [5, 5.41) is 16.1. The van der Waals surface area contributed by atoms with E-state index in [2.05, 4.69) is 20.1 Å². The molecule has 2 fully saturated rings. The molecule has 144 valence electrons. The summed E-state index contributed by atoms with van der Waals surface area (Å²) >= 11 is 0. The number of carbonyl (C=O) groups excluding carboxylic acids is 1. The van der Waals surface area contributed by atoms with Gasteiger partial charge in [-0.2, -0.15) is 5.10 Å². The number of hydrogen-bond acceptors (Lipinski definition) is 5. The number of benzene rings is 1. The lowest BCUT2D eigenvalue weighted by molar-refractivity contribution is 0.0446. The van der Waals surface area contributed by atoms with Crippen LogP contribution in [0.3, 0.4) is 0 Å². The SMILES string of the molecule is O=C(c1ccccc1-c1ncn[nH]1)N1CCCC(N2CCC(CO)CC2)C1. The van der Waals surface area contributed by atoms with Gasteiger partial charge in [-0.05, 0) is 50.8 Å². The van der Waals surface area contributed by atoms with E-state index in [4.69, 9.17) is 0 Å². The second-order valence-corrected chi connectivity index (χ2v) is 7.59. The number of likely N-dealkylation sites (tertiary alicyclic amines) is 2. The van der Waals surface area contributed by atoms with Crippen molar-refractivity contribution in [2.45, 2.75) is 31.7 Å². The Morgan fingerprint density at radius 3 is 2.74 bits per heavy atom. The molecule has 7 nitrogen and oxygen atoms in total. The molecule has 2 N–H and O–H groups in total. The molecule has 1 amide bonds. The van der Waals surface area contributed by atoms with Crippen molar-refractivity contribution in [3.63, 3.8) is 0 Å². The number of nitrogens with one attached hydrogen (secondary N) is 1. The van der Waals surface area contributed by atoms with Crippen LogP contribution in [-0.4, -0.2) is 74.8 Å². The molecule has 27 heavy (non-hydrogen) atoms. The maximum Gasteiger partial charge on any atom is 0.254 e. The molecule has 1 unspecified atom stereocenters. The van der Waals surface area contributed by atoms with Gasteiger partial charge < -0.3 is 10.0 Å². The van der Waals surface area contributed by atoms with E-state index in [-0.39, 0.29) is 5.91 Å². The van der Waals surface area contributed by atoms with Crippen molar-refractivity contribution < 1.29 is 9.90 Å². The first-order valence-electron chi connectivity index (χ1n) is 9.85. The summed E-state index contributed by atoms with van der Waals surface area (Å²) in [6.45, 7) is 3.90. The quantitative estimate of drug-likeness (QED) is 0.858. The van der Waals surface area contributed by atoms with E-state index in [1.165, 1.54) is 6.33 Å². The summed E-state index contributed by atoms with van der Waals surface area (Å²) in [5.41, 5.74) is 1.47. The fourth-order valence-corrected chi connectivity index (χ4v) is 4.32. The van der Waals surface area contributed by atoms with Gasteiger partial charge >= 0.3 is 0 Å². The lowest BCUT2D eigenvalue weighted by Crippen LogP contribution is -2.52. The number of aromatic amines is 1. The third-order valence-corrected chi connectivity index (χ3v) is 5.94. The predicted molar refractivity (Wildman–Crippen MR) is 102 cm³/mol. The molecule has 0 bridgehead atoms. The molecule has 2 aliphatic rings. The molecule has 0 radical (unpaired) electrons. The number of H-pyrrole nitrogens is 1. The van der Waals surface area contributed by atoms with E-state index in [1.807, 2.05) is 29.2 Å². The number of piperidine rings is 2. The van der Waals surface area contributed by atoms with Gasteiger partial charge in [-0.1, -0.05) is 18.2 Å². The first-order chi connectivity index (χ1) is 13.3. The Balaban J connectivity index is 1.47. The van der Waals surface area contributed by atoms with Gasteiger partial charge in [-0.3, -0.25) is 14.8 Å². The van der Waals surface area contributed by atoms with Gasteiger partial charge in [0.05, 0.1) is 5.56 Å². The third kappa shape index (κ3) is 3.89. The van der Waals surface area contributed by atoms with Crippen LogP contribution >= 0.6 is 0 Å². The van der Waals surface area contributed by atoms with Gasteiger partial charge in [-0.15, -0.1) is 0 Å². The Morgan fingerprint density at radius 2 is 2.00 bits per heavy atom. The van der Waals surface area contributed by atoms with Crippen molar-refractivity contribution in [3.8, 4) is 11.4 Å². The average molecular weight is 369 g/mol. The third-order valence-electron chi connectivity index (χ3n) is 5.94. The minimum atomic E-state index is 0.0666. The zero-order valence-electron chi connectivity index (χ0n) is 15.5. The van der Waals surface area contributed by atoms with E-state index < -0.39 is 0 Å². The zero-order valence-corrected chi connectivity index (χ0v) is 15.5. The van der Waals surface area contributed by atoms with Crippen molar-refractivity contribution in [1.29, 1.82) is 0 Å². The molecule has 4 rings (SSSR count). The molecule has 0 aliphatic carbocycles. The molecule has 7 heteroatoms. The number of aromatic nitrogens is 3. The van der Waals surface area contributed by atoms with Crippen LogP contribution in [0, 0.1) is 5.92 Å². The van der Waals surface area contributed by atoms with Crippen LogP contribution < -0.4 is 0 Å². The summed E-state index contributed by atoms with van der Waals surface area (Å²) in [6.07, 6.45) is 5.73. The van der Waals surface area contributed by atoms with E-state index >= 15 is 0 Å². The number of aliphatic hydroxyl groups is 1. The van der Waals surface area contributed by atoms with Crippen LogP contribution in [0.25, 0.3) is 11.4 Å². The second kappa shape index (κ2) is 8.19. The molecule has 0 saturated carbocycles. The Morgan fingerprint density at radius 1 is 1.19 bits per heavy atom. The Kier molecular flexibility index (Phi) is 5.50. The molecule has 2 saturated heterocycles. The number of rotatable bonds is 4. The molecule has 1 aromatic carbocycles. The summed E-state index contributed by atoms with van der Waals surface area (Å²) in [4.78, 5) is 22.0. The van der Waals surface area contributed by atoms with Gasteiger partial charge in [0.15, 0.2) is 5.82 Å². The number of carbonyl (C=O) groups is 1. The van der Waals surface area contributed by atoms with E-state index in [1.54, 1.807) is 0 Å². The van der Waals surface area contributed by atoms with Crippen molar-refractivity contribution in [1.82, 2.24) is 25.0 Å². The van der Waals surface area contributed by atoms with Gasteiger partial charge in [0.1, 0.15) is 6.33 Å². The molecule has 3 heterocycles. The standard InChI is InChI=1S/C20H27N5O2/c26-13-15-7-10-24(11-8-15)16-4-3-9-25(12-16)20(27)18-6-2-1-5-17(18)19-21-14-22-23-19/h1-2,5-6,14-16,26H,3-4,7-13H2,(H,21,22,23). The van der Waals surface area contributed by atoms with E-state index in [9.17, 15) is 9.90 Å². The van der Waals surface area contributed by atoms with Crippen LogP contribution in [0.1, 0.15) is 36.0 Å². The highest BCUT2D eigenvalue weighted by atomic mass is 16.3. The Hall–Kier alpha value is -2.25. The van der Waals surface area contributed by atoms with Crippen molar-refractivity contribution in [3.05, 3.63) is 36.2 Å². The summed E-state index contributed by atoms with van der Waals surface area (Å²) in [7, 11) is 0. The van der Waals surface area contributed by atoms with Gasteiger partial charge in [-0.25, -0.2) is 4.98 Å². The van der Waals surface area contributed by atoms with Crippen molar-refractivity contribution >= 4 is 5.91 Å². The number of nitrogens with zero attached hydrogens (tertiary/aromatic N) is 4. The fraction of sp³-hybridized carbons (Fsp3) is 0.550. The highest BCUT2D eigenvalue weighted by Gasteiger charge is 2.31. The summed E-state index contributed by atoms with van der Waals surface area (Å²) < 4.78 is 0. The van der Waals surface area contributed by atoms with E-state index in [0.717, 1.165) is 57.4 Å². The van der Waals surface area contributed by atoms with Gasteiger partial charge in [0, 0.05) is 31.3 Å². The van der Waals surface area contributed by atoms with Crippen LogP contribution in [0.2, 0.25) is 0 Å². The van der Waals surface area contributed by atoms with Crippen molar-refractivity contribution in [2.24, 2.45) is 5.92 Å². The smallest absolute Gasteiger partial charge is 0.254 e. The number of hydrogen-bond donors (Lipinski definition) is 2. The highest BCUT2D eigenvalue weighted by molar-refractivity contribution is 6.00. The first kappa shape index (κ1) is 18.1. The van der Waals surface area contributed by atoms with Gasteiger partial charge in [0.2, 0.25) is 0 Å². The normalized spacial score (nSPS) is 22.1. The molecule has 1 aromatic heterocycles. The Labute approximate surface area is 159 Å². The highest BCUT2D eigenvalue weighted by Crippen LogP contribution is 2.26. The zero-order chi connectivity index (χ0) is 18.6. The first-order valence-corrected chi connectivity index (χ1v) is 9.85. The second-order valence-electron chi connectivity index (χ2n) is 7.59. The Bertz CT molecular complexity index is 755. The molecular formula is C20H27N5O2. The molecule has 2 aromatic rings. The summed E-state index contributed by atoms with van der Waals surface area (Å²) in [5.74, 6) is 1.13. The summed E-state index contributed by atoms with van der Waals surface area (Å²) in [6, 6.07) is 8.01. The number of aliphatic hydroxyl groups excluding tert-OH is 1. The van der Waals surface area contributed by atoms with Crippen LogP contribution in [0.15, 0.2) is 30.6 Å². The van der Waals surface area contributed by atoms with Crippen LogP contribution in [0.4, 0.5) is 0 Å². The molecule has 0 spiro atoms. The fourth-order valence-electron chi connectivity index (χ4n) is 4.32. The minimum Gasteiger partial charge on any atom is -0.396 e. The number of amides is 1. The van der Waals surface area contributed by atoms with Gasteiger partial charge in [0.25, 0.3) is 5.91 Å². The van der Waals surface area contributed by atoms with Crippen molar-refractivity contribution in [2.75, 3.05) is 32.8 Å². The molecule has 1 atom stereocenters. The largest absolute Gasteiger partial charge is 0.396 e. The lowest BCUT2D eigenvalue weighted by Gasteiger charge is -2.42. The molecular weight excluding hydrogens is 342 g/mol. The molecule has 2 aliphatic heterocycles. The predicted octanol–water partition coefficient (Wildman–Crippen LogP) is 1.78. The lowest BCUT2D eigenvalue weighted by atomic mass is 9.94. The van der Waals surface area contributed by atoms with Crippen LogP contribution in [-0.2, 0) is 0 Å². The van der Waals surface area contributed by atoms with Crippen LogP contribution in [0.5, 0.6) is 0 Å². The van der Waals surface area contributed by atoms with E-state index in [0.29, 0.717) is 30.0 Å². The monoisotopic (exact) mass is 369 g/mol. The average Bonchev–Trinajstić information content (AvgIpc) is 3.28.